The summed E-state index contributed by atoms with van der Waals surface area (Å²) >= 11 is 1.42. The normalized spacial score (nSPS) is 13.2. The Kier molecular flexibility index (Phi) is 4.96. The van der Waals surface area contributed by atoms with Gasteiger partial charge in [0.05, 0.1) is 6.04 Å². The van der Waals surface area contributed by atoms with E-state index in [-0.39, 0.29) is 18.1 Å². The third kappa shape index (κ3) is 3.80. The summed E-state index contributed by atoms with van der Waals surface area (Å²) in [6, 6.07) is 10.3. The average Bonchev–Trinajstić information content (AvgIpc) is 2.95. The van der Waals surface area contributed by atoms with E-state index >= 15 is 0 Å². The van der Waals surface area contributed by atoms with Crippen LogP contribution in [-0.2, 0) is 5.41 Å². The van der Waals surface area contributed by atoms with Crippen LogP contribution in [-0.4, -0.2) is 28.1 Å². The minimum atomic E-state index is -0.0468. The third-order valence-electron chi connectivity index (χ3n) is 3.44. The van der Waals surface area contributed by atoms with E-state index in [4.69, 9.17) is 0 Å². The number of aliphatic hydroxyl groups excluding tert-OH is 1. The average molecular weight is 305 g/mol. The molecule has 1 N–H and O–H groups in total. The Morgan fingerprint density at radius 3 is 2.43 bits per heavy atom. The molecule has 0 aliphatic rings. The Morgan fingerprint density at radius 1 is 1.24 bits per heavy atom. The van der Waals surface area contributed by atoms with Crippen LogP contribution in [0.5, 0.6) is 0 Å². The molecule has 0 amide bonds. The van der Waals surface area contributed by atoms with Gasteiger partial charge in [0, 0.05) is 30.6 Å². The number of nitrogens with zero attached hydrogens (tertiary/aromatic N) is 3. The summed E-state index contributed by atoms with van der Waals surface area (Å²) in [6.07, 6.45) is 0.672. The molecule has 114 valence electrons. The number of anilines is 1. The Bertz CT molecular complexity index is 562. The Balaban J connectivity index is 2.26. The van der Waals surface area contributed by atoms with Crippen molar-refractivity contribution in [1.82, 2.24) is 9.36 Å². The monoisotopic (exact) mass is 305 g/mol. The van der Waals surface area contributed by atoms with E-state index in [2.05, 4.69) is 47.2 Å². The molecule has 0 spiro atoms. The van der Waals surface area contributed by atoms with Crippen molar-refractivity contribution in [3.63, 3.8) is 0 Å². The van der Waals surface area contributed by atoms with Crippen molar-refractivity contribution >= 4 is 16.7 Å². The fourth-order valence-corrected chi connectivity index (χ4v) is 3.04. The topological polar surface area (TPSA) is 49.2 Å². The molecule has 2 aromatic rings. The quantitative estimate of drug-likeness (QED) is 0.920. The van der Waals surface area contributed by atoms with Crippen molar-refractivity contribution < 1.29 is 5.11 Å². The van der Waals surface area contributed by atoms with Crippen LogP contribution >= 0.6 is 11.5 Å². The summed E-state index contributed by atoms with van der Waals surface area (Å²) < 4.78 is 4.47. The lowest BCUT2D eigenvalue weighted by Crippen LogP contribution is -2.25. The summed E-state index contributed by atoms with van der Waals surface area (Å²) in [7, 11) is 2.01. The van der Waals surface area contributed by atoms with Gasteiger partial charge in [0.25, 0.3) is 0 Å². The highest BCUT2D eigenvalue weighted by Crippen LogP contribution is 2.31. The first-order valence-corrected chi connectivity index (χ1v) is 7.93. The van der Waals surface area contributed by atoms with Gasteiger partial charge in [0.15, 0.2) is 0 Å². The van der Waals surface area contributed by atoms with E-state index in [1.807, 2.05) is 25.2 Å². The van der Waals surface area contributed by atoms with Crippen LogP contribution < -0.4 is 4.90 Å². The first-order chi connectivity index (χ1) is 9.93. The zero-order chi connectivity index (χ0) is 15.5. The summed E-state index contributed by atoms with van der Waals surface area (Å²) in [5.74, 6) is 0.866. The molecule has 0 saturated carbocycles. The molecule has 5 heteroatoms. The molecule has 0 aliphatic heterocycles. The van der Waals surface area contributed by atoms with Crippen LogP contribution in [0.25, 0.3) is 0 Å². The van der Waals surface area contributed by atoms with E-state index in [1.165, 1.54) is 17.1 Å². The first-order valence-electron chi connectivity index (χ1n) is 7.16. The van der Waals surface area contributed by atoms with Crippen molar-refractivity contribution in [2.45, 2.75) is 38.6 Å². The number of hydrogen-bond acceptors (Lipinski definition) is 5. The highest BCUT2D eigenvalue weighted by molar-refractivity contribution is 7.09. The Labute approximate surface area is 130 Å². The third-order valence-corrected chi connectivity index (χ3v) is 4.25. The second-order valence-corrected chi connectivity index (χ2v) is 6.93. The van der Waals surface area contributed by atoms with Gasteiger partial charge in [-0.1, -0.05) is 51.1 Å². The lowest BCUT2D eigenvalue weighted by molar-refractivity contribution is 0.275. The first kappa shape index (κ1) is 15.9. The molecule has 2 rings (SSSR count). The van der Waals surface area contributed by atoms with Crippen LogP contribution in [0.1, 0.15) is 44.6 Å². The van der Waals surface area contributed by atoms with E-state index in [0.29, 0.717) is 6.42 Å². The number of aliphatic hydroxyl groups is 1. The zero-order valence-electron chi connectivity index (χ0n) is 13.1. The molecule has 1 aromatic heterocycles. The number of aromatic nitrogens is 2. The highest BCUT2D eigenvalue weighted by atomic mass is 32.1. The summed E-state index contributed by atoms with van der Waals surface area (Å²) in [6.45, 7) is 6.48. The predicted molar refractivity (Wildman–Crippen MR) is 87.9 cm³/mol. The molecule has 0 saturated heterocycles. The van der Waals surface area contributed by atoms with Crippen LogP contribution in [0.3, 0.4) is 0 Å². The number of rotatable bonds is 5. The van der Waals surface area contributed by atoms with Crippen molar-refractivity contribution in [2.75, 3.05) is 18.6 Å². The largest absolute Gasteiger partial charge is 0.396 e. The molecule has 21 heavy (non-hydrogen) atoms. The van der Waals surface area contributed by atoms with Crippen molar-refractivity contribution in [3.05, 3.63) is 41.7 Å². The van der Waals surface area contributed by atoms with Gasteiger partial charge in [-0.25, -0.2) is 4.98 Å². The molecule has 1 atom stereocenters. The van der Waals surface area contributed by atoms with Crippen LogP contribution in [0.4, 0.5) is 5.13 Å². The summed E-state index contributed by atoms with van der Waals surface area (Å²) in [4.78, 5) is 6.77. The molecule has 4 nitrogen and oxygen atoms in total. The molecule has 0 aliphatic carbocycles. The second kappa shape index (κ2) is 6.54. The maximum Gasteiger partial charge on any atom is 0.205 e. The Hall–Kier alpha value is -1.46. The van der Waals surface area contributed by atoms with Gasteiger partial charge in [-0.3, -0.25) is 0 Å². The van der Waals surface area contributed by atoms with Crippen molar-refractivity contribution in [1.29, 1.82) is 0 Å². The fraction of sp³-hybridized carbons (Fsp3) is 0.500. The maximum absolute atomic E-state index is 9.37. The Morgan fingerprint density at radius 2 is 1.90 bits per heavy atom. The SMILES string of the molecule is CN(c1nc(C(C)(C)C)ns1)C(CCO)c1ccccc1. The van der Waals surface area contributed by atoms with Crippen molar-refractivity contribution in [3.8, 4) is 0 Å². The van der Waals surface area contributed by atoms with Gasteiger partial charge in [0.2, 0.25) is 5.13 Å². The molecular formula is C16H23N3OS. The minimum Gasteiger partial charge on any atom is -0.396 e. The molecule has 0 fully saturated rings. The van der Waals surface area contributed by atoms with Gasteiger partial charge < -0.3 is 10.0 Å². The second-order valence-electron chi connectivity index (χ2n) is 6.20. The molecule has 1 heterocycles. The van der Waals surface area contributed by atoms with Crippen LogP contribution in [0, 0.1) is 0 Å². The zero-order valence-corrected chi connectivity index (χ0v) is 13.9. The molecular weight excluding hydrogens is 282 g/mol. The van der Waals surface area contributed by atoms with Gasteiger partial charge in [-0.05, 0) is 12.0 Å². The standard InChI is InChI=1S/C16H23N3OS/c1-16(2,3)14-17-15(21-18-14)19(4)13(10-11-20)12-8-6-5-7-9-12/h5-9,13,20H,10-11H2,1-4H3. The van der Waals surface area contributed by atoms with Crippen LogP contribution in [0.15, 0.2) is 30.3 Å². The molecule has 0 bridgehead atoms. The number of benzene rings is 1. The molecule has 0 radical (unpaired) electrons. The lowest BCUT2D eigenvalue weighted by atomic mass is 9.96. The highest BCUT2D eigenvalue weighted by Gasteiger charge is 2.24. The minimum absolute atomic E-state index is 0.0468. The van der Waals surface area contributed by atoms with Crippen molar-refractivity contribution in [2.24, 2.45) is 0 Å². The van der Waals surface area contributed by atoms with E-state index < -0.39 is 0 Å². The van der Waals surface area contributed by atoms with E-state index in [9.17, 15) is 5.11 Å². The van der Waals surface area contributed by atoms with Gasteiger partial charge >= 0.3 is 0 Å². The smallest absolute Gasteiger partial charge is 0.205 e. The van der Waals surface area contributed by atoms with Gasteiger partial charge in [-0.2, -0.15) is 4.37 Å². The summed E-state index contributed by atoms with van der Waals surface area (Å²) in [5, 5.41) is 10.3. The predicted octanol–water partition coefficient (Wildman–Crippen LogP) is 3.40. The summed E-state index contributed by atoms with van der Waals surface area (Å²) in [5.41, 5.74) is 1.14. The van der Waals surface area contributed by atoms with Gasteiger partial charge in [0.1, 0.15) is 5.82 Å². The van der Waals surface area contributed by atoms with E-state index in [1.54, 1.807) is 0 Å². The lowest BCUT2D eigenvalue weighted by Gasteiger charge is -2.27. The molecule has 1 aromatic carbocycles. The number of hydrogen-bond donors (Lipinski definition) is 1. The van der Waals surface area contributed by atoms with Gasteiger partial charge in [-0.15, -0.1) is 0 Å². The van der Waals surface area contributed by atoms with E-state index in [0.717, 1.165) is 11.0 Å². The van der Waals surface area contributed by atoms with Crippen LogP contribution in [0.2, 0.25) is 0 Å². The molecule has 1 unspecified atom stereocenters. The fourth-order valence-electron chi connectivity index (χ4n) is 2.18. The maximum atomic E-state index is 9.37.